The summed E-state index contributed by atoms with van der Waals surface area (Å²) in [5, 5.41) is 3.58. The first-order valence-electron chi connectivity index (χ1n) is 10.2. The largest absolute Gasteiger partial charge is 0.493 e. The van der Waals surface area contributed by atoms with Crippen molar-refractivity contribution in [3.05, 3.63) is 82.3 Å². The van der Waals surface area contributed by atoms with E-state index < -0.39 is 28.5 Å². The summed E-state index contributed by atoms with van der Waals surface area (Å²) in [5.74, 6) is 0.581. The SMILES string of the molecule is COc1ccc([C@H](C)NC(=O)CN(c2cccc(Cl)c2)S(=O)(=O)c2ccc(Cl)cc2)cc1OC. The number of sulfonamides is 1. The number of nitrogens with one attached hydrogen (secondary N) is 1. The molecule has 0 aliphatic rings. The molecule has 0 aliphatic heterocycles. The van der Waals surface area contributed by atoms with Crippen LogP contribution in [0.3, 0.4) is 0 Å². The number of amides is 1. The molecule has 0 fully saturated rings. The van der Waals surface area contributed by atoms with Crippen LogP contribution in [0.15, 0.2) is 71.6 Å². The lowest BCUT2D eigenvalue weighted by Crippen LogP contribution is -2.41. The van der Waals surface area contributed by atoms with Crippen molar-refractivity contribution in [3.8, 4) is 11.5 Å². The van der Waals surface area contributed by atoms with E-state index in [-0.39, 0.29) is 10.6 Å². The molecular formula is C24H24Cl2N2O5S. The summed E-state index contributed by atoms with van der Waals surface area (Å²) < 4.78 is 38.4. The molecule has 3 aromatic carbocycles. The molecule has 34 heavy (non-hydrogen) atoms. The second-order valence-electron chi connectivity index (χ2n) is 7.35. The van der Waals surface area contributed by atoms with Crippen molar-refractivity contribution >= 4 is 44.8 Å². The predicted octanol–water partition coefficient (Wildman–Crippen LogP) is 5.08. The molecule has 0 saturated heterocycles. The van der Waals surface area contributed by atoms with Crippen molar-refractivity contribution in [2.75, 3.05) is 25.1 Å². The maximum atomic E-state index is 13.4. The lowest BCUT2D eigenvalue weighted by atomic mass is 10.1. The number of carbonyl (C=O) groups excluding carboxylic acids is 1. The fraction of sp³-hybridized carbons (Fsp3) is 0.208. The van der Waals surface area contributed by atoms with Gasteiger partial charge >= 0.3 is 0 Å². The minimum atomic E-state index is -4.08. The molecule has 0 aromatic heterocycles. The van der Waals surface area contributed by atoms with Crippen LogP contribution in [0.4, 0.5) is 5.69 Å². The third-order valence-corrected chi connectivity index (χ3v) is 7.35. The van der Waals surface area contributed by atoms with Crippen LogP contribution >= 0.6 is 23.2 Å². The lowest BCUT2D eigenvalue weighted by molar-refractivity contribution is -0.120. The van der Waals surface area contributed by atoms with Gasteiger partial charge in [-0.2, -0.15) is 0 Å². The fourth-order valence-electron chi connectivity index (χ4n) is 3.30. The molecule has 3 rings (SSSR count). The Morgan fingerprint density at radius 3 is 2.24 bits per heavy atom. The van der Waals surface area contributed by atoms with E-state index in [9.17, 15) is 13.2 Å². The van der Waals surface area contributed by atoms with E-state index in [1.165, 1.54) is 44.6 Å². The van der Waals surface area contributed by atoms with Crippen LogP contribution in [-0.2, 0) is 14.8 Å². The Labute approximate surface area is 209 Å². The number of halogens is 2. The molecule has 180 valence electrons. The lowest BCUT2D eigenvalue weighted by Gasteiger charge is -2.25. The number of ether oxygens (including phenoxy) is 2. The highest BCUT2D eigenvalue weighted by Gasteiger charge is 2.28. The molecule has 3 aromatic rings. The summed E-state index contributed by atoms with van der Waals surface area (Å²) in [4.78, 5) is 13.0. The maximum Gasteiger partial charge on any atom is 0.264 e. The monoisotopic (exact) mass is 522 g/mol. The third-order valence-electron chi connectivity index (χ3n) is 5.07. The summed E-state index contributed by atoms with van der Waals surface area (Å²) >= 11 is 12.0. The van der Waals surface area contributed by atoms with Gasteiger partial charge in [0.25, 0.3) is 10.0 Å². The van der Waals surface area contributed by atoms with Crippen molar-refractivity contribution in [1.29, 1.82) is 0 Å². The first-order valence-corrected chi connectivity index (χ1v) is 12.4. The highest BCUT2D eigenvalue weighted by molar-refractivity contribution is 7.92. The number of methoxy groups -OCH3 is 2. The van der Waals surface area contributed by atoms with E-state index >= 15 is 0 Å². The Morgan fingerprint density at radius 1 is 0.941 bits per heavy atom. The molecule has 1 N–H and O–H groups in total. The van der Waals surface area contributed by atoms with E-state index in [0.717, 1.165) is 9.87 Å². The van der Waals surface area contributed by atoms with E-state index in [0.29, 0.717) is 21.5 Å². The molecule has 7 nitrogen and oxygen atoms in total. The smallest absolute Gasteiger partial charge is 0.264 e. The Balaban J connectivity index is 1.88. The van der Waals surface area contributed by atoms with E-state index in [1.807, 2.05) is 0 Å². The molecule has 0 heterocycles. The van der Waals surface area contributed by atoms with Gasteiger partial charge in [0.15, 0.2) is 11.5 Å². The molecule has 1 amide bonds. The first kappa shape index (κ1) is 25.7. The van der Waals surface area contributed by atoms with Gasteiger partial charge in [-0.25, -0.2) is 8.42 Å². The van der Waals surface area contributed by atoms with E-state index in [4.69, 9.17) is 32.7 Å². The van der Waals surface area contributed by atoms with Crippen molar-refractivity contribution < 1.29 is 22.7 Å². The molecule has 0 aliphatic carbocycles. The molecule has 0 bridgehead atoms. The summed E-state index contributed by atoms with van der Waals surface area (Å²) in [6, 6.07) is 16.9. The van der Waals surface area contributed by atoms with Crippen LogP contribution < -0.4 is 19.1 Å². The topological polar surface area (TPSA) is 84.9 Å². The number of rotatable bonds is 9. The Bertz CT molecular complexity index is 1270. The minimum Gasteiger partial charge on any atom is -0.493 e. The van der Waals surface area contributed by atoms with Crippen LogP contribution in [0.1, 0.15) is 18.5 Å². The molecule has 0 saturated carbocycles. The Morgan fingerprint density at radius 2 is 1.62 bits per heavy atom. The Kier molecular flexibility index (Phi) is 8.30. The van der Waals surface area contributed by atoms with Gasteiger partial charge in [-0.15, -0.1) is 0 Å². The van der Waals surface area contributed by atoms with Gasteiger partial charge in [-0.1, -0.05) is 35.3 Å². The van der Waals surface area contributed by atoms with Crippen molar-refractivity contribution in [2.45, 2.75) is 17.9 Å². The summed E-state index contributed by atoms with van der Waals surface area (Å²) in [6.45, 7) is 1.33. The van der Waals surface area contributed by atoms with Gasteiger partial charge in [0.2, 0.25) is 5.91 Å². The Hall–Kier alpha value is -2.94. The van der Waals surface area contributed by atoms with Gasteiger partial charge in [0, 0.05) is 10.0 Å². The summed E-state index contributed by atoms with van der Waals surface area (Å²) in [7, 11) is -1.02. The number of benzene rings is 3. The highest BCUT2D eigenvalue weighted by atomic mass is 35.5. The van der Waals surface area contributed by atoms with Crippen molar-refractivity contribution in [2.24, 2.45) is 0 Å². The van der Waals surface area contributed by atoms with E-state index in [2.05, 4.69) is 5.32 Å². The summed E-state index contributed by atoms with van der Waals surface area (Å²) in [6.07, 6.45) is 0. The van der Waals surface area contributed by atoms with Gasteiger partial charge in [0.1, 0.15) is 6.54 Å². The fourth-order valence-corrected chi connectivity index (χ4v) is 5.03. The third kappa shape index (κ3) is 5.94. The normalized spacial score (nSPS) is 12.0. The quantitative estimate of drug-likeness (QED) is 0.423. The van der Waals surface area contributed by atoms with Gasteiger partial charge in [0.05, 0.1) is 30.8 Å². The van der Waals surface area contributed by atoms with Crippen molar-refractivity contribution in [3.63, 3.8) is 0 Å². The molecule has 0 spiro atoms. The zero-order chi connectivity index (χ0) is 24.9. The number of nitrogens with zero attached hydrogens (tertiary/aromatic N) is 1. The van der Waals surface area contributed by atoms with Crippen LogP contribution in [0.25, 0.3) is 0 Å². The average molecular weight is 523 g/mol. The van der Waals surface area contributed by atoms with Crippen LogP contribution in [0, 0.1) is 0 Å². The summed E-state index contributed by atoms with van der Waals surface area (Å²) in [5.41, 5.74) is 1.03. The second-order valence-corrected chi connectivity index (χ2v) is 10.1. The van der Waals surface area contributed by atoms with Gasteiger partial charge < -0.3 is 14.8 Å². The molecule has 0 unspecified atom stereocenters. The highest BCUT2D eigenvalue weighted by Crippen LogP contribution is 2.30. The molecule has 0 radical (unpaired) electrons. The second kappa shape index (κ2) is 11.0. The standard InChI is InChI=1S/C24H24Cl2N2O5S/c1-16(17-7-12-22(32-2)23(13-17)33-3)27-24(29)15-28(20-6-4-5-19(26)14-20)34(30,31)21-10-8-18(25)9-11-21/h4-14,16H,15H2,1-3H3,(H,27,29)/t16-/m0/s1. The van der Waals surface area contributed by atoms with Gasteiger partial charge in [-0.05, 0) is 67.1 Å². The van der Waals surface area contributed by atoms with Crippen LogP contribution in [0.5, 0.6) is 11.5 Å². The first-order chi connectivity index (χ1) is 16.1. The number of hydrogen-bond acceptors (Lipinski definition) is 5. The average Bonchev–Trinajstić information content (AvgIpc) is 2.82. The molecule has 10 heteroatoms. The zero-order valence-corrected chi connectivity index (χ0v) is 21.1. The molecular weight excluding hydrogens is 499 g/mol. The number of carbonyl (C=O) groups is 1. The maximum absolute atomic E-state index is 13.4. The minimum absolute atomic E-state index is 0.00221. The van der Waals surface area contributed by atoms with Gasteiger partial charge in [-0.3, -0.25) is 9.10 Å². The predicted molar refractivity (Wildman–Crippen MR) is 134 cm³/mol. The number of anilines is 1. The van der Waals surface area contributed by atoms with Crippen LogP contribution in [0.2, 0.25) is 10.0 Å². The molecule has 1 atom stereocenters. The number of hydrogen-bond donors (Lipinski definition) is 1. The van der Waals surface area contributed by atoms with Crippen LogP contribution in [-0.4, -0.2) is 35.1 Å². The van der Waals surface area contributed by atoms with E-state index in [1.54, 1.807) is 43.3 Å². The zero-order valence-electron chi connectivity index (χ0n) is 18.8. The van der Waals surface area contributed by atoms with Crippen molar-refractivity contribution in [1.82, 2.24) is 5.32 Å².